The molecule has 1 aliphatic heterocycles. The highest BCUT2D eigenvalue weighted by atomic mass is 15.2. The molecular formula is C13H23N3. The molecule has 1 aliphatic rings. The lowest BCUT2D eigenvalue weighted by Crippen LogP contribution is -2.29. The average Bonchev–Trinajstić information content (AvgIpc) is 2.81. The summed E-state index contributed by atoms with van der Waals surface area (Å²) in [4.78, 5) is 2.39. The number of likely N-dealkylation sites (N-methyl/N-ethyl adjacent to an activating group) is 1. The minimum atomic E-state index is 0.632. The third-order valence-electron chi connectivity index (χ3n) is 2.85. The fourth-order valence-electron chi connectivity index (χ4n) is 1.92. The Bertz CT molecular complexity index is 295. The minimum Gasteiger partial charge on any atom is -0.399 e. The predicted molar refractivity (Wildman–Crippen MR) is 71.9 cm³/mol. The maximum absolute atomic E-state index is 5.65. The van der Waals surface area contributed by atoms with Gasteiger partial charge >= 0.3 is 0 Å². The van der Waals surface area contributed by atoms with Gasteiger partial charge in [0.2, 0.25) is 0 Å². The fourth-order valence-corrected chi connectivity index (χ4v) is 1.92. The Kier molecular flexibility index (Phi) is 5.12. The Hall–Kier alpha value is -1.22. The standard InChI is InChI=1S/C11H17N3.C2H6/c1-13-10-6-7-14(8-10)11-4-2-9(12)3-5-11;1-2/h2-5,10,13H,6-8,12H2,1H3;1-2H3. The fraction of sp³-hybridized carbons (Fsp3) is 0.538. The van der Waals surface area contributed by atoms with E-state index in [0.29, 0.717) is 6.04 Å². The van der Waals surface area contributed by atoms with Crippen molar-refractivity contribution in [3.63, 3.8) is 0 Å². The molecule has 2 rings (SSSR count). The molecule has 3 heteroatoms. The smallest absolute Gasteiger partial charge is 0.0368 e. The quantitative estimate of drug-likeness (QED) is 0.751. The van der Waals surface area contributed by atoms with Crippen LogP contribution in [-0.4, -0.2) is 26.2 Å². The van der Waals surface area contributed by atoms with Crippen molar-refractivity contribution in [2.24, 2.45) is 0 Å². The molecule has 90 valence electrons. The Balaban J connectivity index is 0.000000606. The van der Waals surface area contributed by atoms with Crippen LogP contribution >= 0.6 is 0 Å². The summed E-state index contributed by atoms with van der Waals surface area (Å²) in [5.74, 6) is 0. The molecule has 0 spiro atoms. The van der Waals surface area contributed by atoms with Crippen molar-refractivity contribution in [3.05, 3.63) is 24.3 Å². The number of nitrogens with zero attached hydrogens (tertiary/aromatic N) is 1. The summed E-state index contributed by atoms with van der Waals surface area (Å²) in [5, 5.41) is 3.31. The zero-order chi connectivity index (χ0) is 12.0. The third-order valence-corrected chi connectivity index (χ3v) is 2.85. The van der Waals surface area contributed by atoms with Gasteiger partial charge in [-0.05, 0) is 37.7 Å². The second-order valence-corrected chi connectivity index (χ2v) is 3.81. The van der Waals surface area contributed by atoms with Crippen LogP contribution in [0.1, 0.15) is 20.3 Å². The van der Waals surface area contributed by atoms with Crippen LogP contribution < -0.4 is 16.0 Å². The van der Waals surface area contributed by atoms with Gasteiger partial charge in [-0.3, -0.25) is 0 Å². The summed E-state index contributed by atoms with van der Waals surface area (Å²) in [7, 11) is 2.02. The van der Waals surface area contributed by atoms with E-state index in [9.17, 15) is 0 Å². The first kappa shape index (κ1) is 12.8. The van der Waals surface area contributed by atoms with E-state index in [1.807, 2.05) is 33.0 Å². The first-order valence-electron chi connectivity index (χ1n) is 6.07. The van der Waals surface area contributed by atoms with Gasteiger partial charge in [-0.15, -0.1) is 0 Å². The normalized spacial score (nSPS) is 19.2. The van der Waals surface area contributed by atoms with Crippen molar-refractivity contribution in [1.82, 2.24) is 5.32 Å². The molecule has 16 heavy (non-hydrogen) atoms. The highest BCUT2D eigenvalue weighted by molar-refractivity contribution is 5.53. The molecule has 3 N–H and O–H groups in total. The number of anilines is 2. The van der Waals surface area contributed by atoms with Gasteiger partial charge in [0.25, 0.3) is 0 Å². The van der Waals surface area contributed by atoms with Crippen LogP contribution in [0.15, 0.2) is 24.3 Å². The van der Waals surface area contributed by atoms with Gasteiger partial charge < -0.3 is 16.0 Å². The van der Waals surface area contributed by atoms with Gasteiger partial charge in [-0.2, -0.15) is 0 Å². The molecule has 1 aromatic carbocycles. The third kappa shape index (κ3) is 3.14. The van der Waals surface area contributed by atoms with Gasteiger partial charge in [0, 0.05) is 30.5 Å². The molecule has 1 aromatic rings. The van der Waals surface area contributed by atoms with Crippen LogP contribution in [0.2, 0.25) is 0 Å². The zero-order valence-corrected chi connectivity index (χ0v) is 10.5. The van der Waals surface area contributed by atoms with E-state index < -0.39 is 0 Å². The number of nitrogen functional groups attached to an aromatic ring is 1. The van der Waals surface area contributed by atoms with Crippen LogP contribution in [0.4, 0.5) is 11.4 Å². The lowest BCUT2D eigenvalue weighted by atomic mass is 10.2. The Morgan fingerprint density at radius 2 is 1.88 bits per heavy atom. The van der Waals surface area contributed by atoms with Gasteiger partial charge in [0.15, 0.2) is 0 Å². The molecule has 1 heterocycles. The summed E-state index contributed by atoms with van der Waals surface area (Å²) < 4.78 is 0. The Labute approximate surface area is 98.6 Å². The average molecular weight is 221 g/mol. The summed E-state index contributed by atoms with van der Waals surface area (Å²) in [6.45, 7) is 6.23. The molecular weight excluding hydrogens is 198 g/mol. The summed E-state index contributed by atoms with van der Waals surface area (Å²) >= 11 is 0. The van der Waals surface area contributed by atoms with E-state index in [0.717, 1.165) is 18.8 Å². The zero-order valence-electron chi connectivity index (χ0n) is 10.5. The lowest BCUT2D eigenvalue weighted by molar-refractivity contribution is 0.617. The van der Waals surface area contributed by atoms with E-state index in [1.54, 1.807) is 0 Å². The molecule has 0 amide bonds. The molecule has 1 fully saturated rings. The van der Waals surface area contributed by atoms with Gasteiger partial charge in [-0.25, -0.2) is 0 Å². The maximum Gasteiger partial charge on any atom is 0.0368 e. The first-order valence-corrected chi connectivity index (χ1v) is 6.07. The first-order chi connectivity index (χ1) is 7.79. The maximum atomic E-state index is 5.65. The van der Waals surface area contributed by atoms with Gasteiger partial charge in [0.1, 0.15) is 0 Å². The summed E-state index contributed by atoms with van der Waals surface area (Å²) in [5.41, 5.74) is 7.75. The van der Waals surface area contributed by atoms with Crippen LogP contribution in [0.3, 0.4) is 0 Å². The van der Waals surface area contributed by atoms with Crippen LogP contribution in [0, 0.1) is 0 Å². The van der Waals surface area contributed by atoms with Crippen LogP contribution in [-0.2, 0) is 0 Å². The van der Waals surface area contributed by atoms with Crippen LogP contribution in [0.25, 0.3) is 0 Å². The largest absolute Gasteiger partial charge is 0.399 e. The second kappa shape index (κ2) is 6.38. The number of benzene rings is 1. The molecule has 0 aliphatic carbocycles. The summed E-state index contributed by atoms with van der Waals surface area (Å²) in [6, 6.07) is 8.73. The van der Waals surface area contributed by atoms with Gasteiger partial charge in [-0.1, -0.05) is 13.8 Å². The molecule has 0 saturated carbocycles. The van der Waals surface area contributed by atoms with Crippen molar-refractivity contribution in [1.29, 1.82) is 0 Å². The van der Waals surface area contributed by atoms with Crippen molar-refractivity contribution in [2.75, 3.05) is 30.8 Å². The molecule has 0 aromatic heterocycles. The van der Waals surface area contributed by atoms with Crippen molar-refractivity contribution >= 4 is 11.4 Å². The van der Waals surface area contributed by atoms with Crippen molar-refractivity contribution < 1.29 is 0 Å². The van der Waals surface area contributed by atoms with E-state index >= 15 is 0 Å². The minimum absolute atomic E-state index is 0.632. The molecule has 0 radical (unpaired) electrons. The van der Waals surface area contributed by atoms with E-state index in [4.69, 9.17) is 5.73 Å². The Morgan fingerprint density at radius 3 is 2.38 bits per heavy atom. The topological polar surface area (TPSA) is 41.3 Å². The Morgan fingerprint density at radius 1 is 1.25 bits per heavy atom. The molecule has 1 atom stereocenters. The highest BCUT2D eigenvalue weighted by Crippen LogP contribution is 2.21. The predicted octanol–water partition coefficient (Wildman–Crippen LogP) is 2.09. The SMILES string of the molecule is CC.CNC1CCN(c2ccc(N)cc2)C1. The molecule has 0 bridgehead atoms. The van der Waals surface area contributed by atoms with E-state index in [-0.39, 0.29) is 0 Å². The molecule has 1 unspecified atom stereocenters. The molecule has 3 nitrogen and oxygen atoms in total. The van der Waals surface area contributed by atoms with Gasteiger partial charge in [0.05, 0.1) is 0 Å². The number of nitrogens with one attached hydrogen (secondary N) is 1. The van der Waals surface area contributed by atoms with Crippen molar-refractivity contribution in [3.8, 4) is 0 Å². The van der Waals surface area contributed by atoms with Crippen molar-refractivity contribution in [2.45, 2.75) is 26.3 Å². The number of rotatable bonds is 2. The highest BCUT2D eigenvalue weighted by Gasteiger charge is 2.20. The lowest BCUT2D eigenvalue weighted by Gasteiger charge is -2.18. The summed E-state index contributed by atoms with van der Waals surface area (Å²) in [6.07, 6.45) is 1.22. The van der Waals surface area contributed by atoms with Crippen LogP contribution in [0.5, 0.6) is 0 Å². The number of nitrogens with two attached hydrogens (primary N) is 1. The second-order valence-electron chi connectivity index (χ2n) is 3.81. The van der Waals surface area contributed by atoms with E-state index in [1.165, 1.54) is 12.1 Å². The van der Waals surface area contributed by atoms with E-state index in [2.05, 4.69) is 22.3 Å². The monoisotopic (exact) mass is 221 g/mol. The number of hydrogen-bond acceptors (Lipinski definition) is 3. The number of hydrogen-bond donors (Lipinski definition) is 2. The molecule has 1 saturated heterocycles.